The first-order valence-electron chi connectivity index (χ1n) is 5.05. The van der Waals surface area contributed by atoms with Crippen LogP contribution in [0.15, 0.2) is 30.8 Å². The lowest BCUT2D eigenvalue weighted by atomic mass is 10.2. The quantitative estimate of drug-likeness (QED) is 0.407. The Morgan fingerprint density at radius 1 is 1.28 bits per heavy atom. The van der Waals surface area contributed by atoms with Gasteiger partial charge in [-0.15, -0.1) is 0 Å². The highest BCUT2D eigenvalue weighted by molar-refractivity contribution is 5.57. The molecule has 3 N–H and O–H groups in total. The summed E-state index contributed by atoms with van der Waals surface area (Å²) in [5, 5.41) is 25.5. The topological polar surface area (TPSA) is 79.2 Å². The van der Waals surface area contributed by atoms with Crippen molar-refractivity contribution in [1.82, 2.24) is 0 Å². The van der Waals surface area contributed by atoms with E-state index in [1.54, 1.807) is 30.2 Å². The molecule has 0 radical (unpaired) electrons. The second-order valence-electron chi connectivity index (χ2n) is 3.38. The van der Waals surface area contributed by atoms with E-state index >= 15 is 0 Å². The van der Waals surface area contributed by atoms with Gasteiger partial charge in [0, 0.05) is 5.56 Å². The standard InChI is InChI=1S/C13H14O5/c1-10(17-2)11-4-6-12(7-5-11)18-9-3-8-13(14,15)16/h4-7,14-16H,1,9H2,2H3. The normalized spacial score (nSPS) is 10.2. The predicted molar refractivity (Wildman–Crippen MR) is 65.1 cm³/mol. The molecule has 96 valence electrons. The first-order valence-corrected chi connectivity index (χ1v) is 5.05. The number of rotatable bonds is 4. The molecule has 0 heterocycles. The van der Waals surface area contributed by atoms with E-state index in [0.29, 0.717) is 11.5 Å². The summed E-state index contributed by atoms with van der Waals surface area (Å²) in [5.74, 6) is 2.16. The van der Waals surface area contributed by atoms with Crippen molar-refractivity contribution in [2.75, 3.05) is 13.7 Å². The molecule has 0 spiro atoms. The fourth-order valence-electron chi connectivity index (χ4n) is 1.13. The number of aliphatic hydroxyl groups is 3. The minimum absolute atomic E-state index is 0.0754. The molecule has 0 fully saturated rings. The Balaban J connectivity index is 2.54. The maximum atomic E-state index is 8.50. The van der Waals surface area contributed by atoms with Gasteiger partial charge in [0.15, 0.2) is 0 Å². The van der Waals surface area contributed by atoms with Crippen molar-refractivity contribution in [1.29, 1.82) is 0 Å². The molecule has 5 heteroatoms. The first kappa shape index (κ1) is 14.1. The monoisotopic (exact) mass is 250 g/mol. The van der Waals surface area contributed by atoms with Crippen molar-refractivity contribution in [2.45, 2.75) is 5.97 Å². The van der Waals surface area contributed by atoms with Gasteiger partial charge in [-0.3, -0.25) is 0 Å². The Hall–Kier alpha value is -2.00. The zero-order valence-electron chi connectivity index (χ0n) is 9.88. The van der Waals surface area contributed by atoms with Crippen molar-refractivity contribution >= 4 is 5.76 Å². The Labute approximate surface area is 105 Å². The van der Waals surface area contributed by atoms with Crippen LogP contribution in [0.3, 0.4) is 0 Å². The van der Waals surface area contributed by atoms with Crippen molar-refractivity contribution in [2.24, 2.45) is 0 Å². The summed E-state index contributed by atoms with van der Waals surface area (Å²) in [5.41, 5.74) is 0.830. The van der Waals surface area contributed by atoms with Crippen LogP contribution >= 0.6 is 0 Å². The molecule has 1 aromatic rings. The average Bonchev–Trinajstić information content (AvgIpc) is 2.33. The van der Waals surface area contributed by atoms with Gasteiger partial charge in [0.25, 0.3) is 0 Å². The van der Waals surface area contributed by atoms with Gasteiger partial charge in [-0.1, -0.05) is 12.5 Å². The van der Waals surface area contributed by atoms with E-state index in [1.807, 2.05) is 0 Å². The largest absolute Gasteiger partial charge is 0.497 e. The van der Waals surface area contributed by atoms with Gasteiger partial charge < -0.3 is 24.8 Å². The molecular formula is C13H14O5. The number of methoxy groups -OCH3 is 1. The number of hydrogen-bond acceptors (Lipinski definition) is 5. The number of benzene rings is 1. The van der Waals surface area contributed by atoms with E-state index in [-0.39, 0.29) is 6.61 Å². The number of ether oxygens (including phenoxy) is 2. The van der Waals surface area contributed by atoms with Crippen LogP contribution in [0.5, 0.6) is 5.75 Å². The summed E-state index contributed by atoms with van der Waals surface area (Å²) in [6.45, 7) is 3.63. The van der Waals surface area contributed by atoms with Crippen LogP contribution in [0.25, 0.3) is 5.76 Å². The fraction of sp³-hybridized carbons (Fsp3) is 0.231. The third-order valence-corrected chi connectivity index (χ3v) is 1.99. The Kier molecular flexibility index (Phi) is 4.75. The molecular weight excluding hydrogens is 236 g/mol. The summed E-state index contributed by atoms with van der Waals surface area (Å²) >= 11 is 0. The third kappa shape index (κ3) is 4.89. The molecule has 0 bridgehead atoms. The van der Waals surface area contributed by atoms with Gasteiger partial charge in [-0.2, -0.15) is 0 Å². The molecule has 0 amide bonds. The molecule has 18 heavy (non-hydrogen) atoms. The minimum atomic E-state index is -2.98. The molecule has 0 atom stereocenters. The smallest absolute Gasteiger partial charge is 0.345 e. The van der Waals surface area contributed by atoms with E-state index in [1.165, 1.54) is 7.11 Å². The van der Waals surface area contributed by atoms with Crippen molar-refractivity contribution < 1.29 is 24.8 Å². The highest BCUT2D eigenvalue weighted by Crippen LogP contribution is 2.17. The maximum Gasteiger partial charge on any atom is 0.345 e. The maximum absolute atomic E-state index is 8.50. The SMILES string of the molecule is C=C(OC)c1ccc(OCC#CC(O)(O)O)cc1. The van der Waals surface area contributed by atoms with Gasteiger partial charge in [0.2, 0.25) is 0 Å². The minimum Gasteiger partial charge on any atom is -0.497 e. The van der Waals surface area contributed by atoms with E-state index in [9.17, 15) is 0 Å². The van der Waals surface area contributed by atoms with Gasteiger partial charge in [0.1, 0.15) is 18.1 Å². The van der Waals surface area contributed by atoms with Gasteiger partial charge in [-0.05, 0) is 30.2 Å². The van der Waals surface area contributed by atoms with Crippen molar-refractivity contribution in [3.05, 3.63) is 36.4 Å². The number of hydrogen-bond donors (Lipinski definition) is 3. The lowest BCUT2D eigenvalue weighted by molar-refractivity contribution is -0.265. The van der Waals surface area contributed by atoms with Crippen LogP contribution in [0.2, 0.25) is 0 Å². The lowest BCUT2D eigenvalue weighted by Crippen LogP contribution is -2.24. The van der Waals surface area contributed by atoms with Crippen molar-refractivity contribution in [3.63, 3.8) is 0 Å². The second kappa shape index (κ2) is 6.07. The summed E-state index contributed by atoms with van der Waals surface area (Å²) in [4.78, 5) is 0. The van der Waals surface area contributed by atoms with Crippen LogP contribution in [0.4, 0.5) is 0 Å². The molecule has 0 aliphatic rings. The lowest BCUT2D eigenvalue weighted by Gasteiger charge is -2.06. The molecule has 1 rings (SSSR count). The first-order chi connectivity index (χ1) is 8.42. The van der Waals surface area contributed by atoms with E-state index in [2.05, 4.69) is 12.5 Å². The highest BCUT2D eigenvalue weighted by atomic mass is 16.7. The van der Waals surface area contributed by atoms with Crippen LogP contribution < -0.4 is 4.74 Å². The Morgan fingerprint density at radius 3 is 2.39 bits per heavy atom. The third-order valence-electron chi connectivity index (χ3n) is 1.99. The summed E-state index contributed by atoms with van der Waals surface area (Å²) in [6.07, 6.45) is 0. The van der Waals surface area contributed by atoms with Crippen LogP contribution in [-0.4, -0.2) is 35.0 Å². The Morgan fingerprint density at radius 2 is 1.89 bits per heavy atom. The van der Waals surface area contributed by atoms with Crippen LogP contribution in [-0.2, 0) is 4.74 Å². The average molecular weight is 250 g/mol. The zero-order chi connectivity index (χ0) is 13.6. The van der Waals surface area contributed by atoms with E-state index in [0.717, 1.165) is 5.56 Å². The van der Waals surface area contributed by atoms with Gasteiger partial charge >= 0.3 is 5.97 Å². The predicted octanol–water partition coefficient (Wildman–Crippen LogP) is 0.317. The molecule has 0 saturated carbocycles. The highest BCUT2D eigenvalue weighted by Gasteiger charge is 2.11. The molecule has 0 aliphatic heterocycles. The summed E-state index contributed by atoms with van der Waals surface area (Å²) in [7, 11) is 1.53. The molecule has 0 saturated heterocycles. The molecule has 5 nitrogen and oxygen atoms in total. The molecule has 0 aromatic heterocycles. The molecule has 1 aromatic carbocycles. The van der Waals surface area contributed by atoms with Gasteiger partial charge in [-0.25, -0.2) is 0 Å². The zero-order valence-corrected chi connectivity index (χ0v) is 9.88. The van der Waals surface area contributed by atoms with Crippen LogP contribution in [0.1, 0.15) is 5.56 Å². The van der Waals surface area contributed by atoms with E-state index < -0.39 is 5.97 Å². The molecule has 0 unspecified atom stereocenters. The van der Waals surface area contributed by atoms with Crippen molar-refractivity contribution in [3.8, 4) is 17.6 Å². The van der Waals surface area contributed by atoms with E-state index in [4.69, 9.17) is 24.8 Å². The van der Waals surface area contributed by atoms with Gasteiger partial charge in [0.05, 0.1) is 7.11 Å². The van der Waals surface area contributed by atoms with Crippen LogP contribution in [0, 0.1) is 11.8 Å². The molecule has 0 aliphatic carbocycles. The summed E-state index contributed by atoms with van der Waals surface area (Å²) < 4.78 is 10.2. The fourth-order valence-corrected chi connectivity index (χ4v) is 1.13. The Bertz CT molecular complexity index is 459. The summed E-state index contributed by atoms with van der Waals surface area (Å²) in [6, 6.07) is 6.93. The second-order valence-corrected chi connectivity index (χ2v) is 3.38.